The molecule has 1 N–H and O–H groups in total. The van der Waals surface area contributed by atoms with Crippen molar-refractivity contribution in [3.63, 3.8) is 0 Å². The largest absolute Gasteiger partial charge is 0.481 e. The summed E-state index contributed by atoms with van der Waals surface area (Å²) in [7, 11) is -1.03. The molecule has 0 saturated carbocycles. The Labute approximate surface area is 254 Å². The standard InChI is InChI=1S/C33H42N2O7Si/c1-32(2,3)21-35(42-43(8,9)33(4,5)6)29(36)23-15-16-24(25-17-18-27(40-7)34-28(25)30(37)38)26(19-23)31(39)41-20-22-13-11-10-12-14-22/h10-19H,20-21H2,1-9H3,(H,37,38). The van der Waals surface area contributed by atoms with Crippen molar-refractivity contribution in [1.82, 2.24) is 10.0 Å². The summed E-state index contributed by atoms with van der Waals surface area (Å²) in [5, 5.41) is 11.2. The third-order valence-electron chi connectivity index (χ3n) is 7.26. The number of esters is 1. The van der Waals surface area contributed by atoms with E-state index in [4.69, 9.17) is 14.0 Å². The lowest BCUT2D eigenvalue weighted by molar-refractivity contribution is -0.0621. The number of ether oxygens (including phenoxy) is 2. The number of hydrogen-bond acceptors (Lipinski definition) is 7. The van der Waals surface area contributed by atoms with Gasteiger partial charge in [0.15, 0.2) is 5.69 Å². The van der Waals surface area contributed by atoms with Gasteiger partial charge in [0.1, 0.15) is 6.61 Å². The van der Waals surface area contributed by atoms with E-state index in [2.05, 4.69) is 38.8 Å². The zero-order valence-corrected chi connectivity index (χ0v) is 27.5. The fourth-order valence-corrected chi connectivity index (χ4v) is 4.92. The van der Waals surface area contributed by atoms with E-state index in [9.17, 15) is 19.5 Å². The molecule has 43 heavy (non-hydrogen) atoms. The van der Waals surface area contributed by atoms with Crippen LogP contribution in [0, 0.1) is 5.41 Å². The molecule has 0 aliphatic heterocycles. The molecule has 10 heteroatoms. The highest BCUT2D eigenvalue weighted by molar-refractivity contribution is 6.74. The molecule has 1 aromatic heterocycles. The third kappa shape index (κ3) is 8.52. The molecule has 3 rings (SSSR count). The second-order valence-corrected chi connectivity index (χ2v) is 17.8. The van der Waals surface area contributed by atoms with Crippen molar-refractivity contribution >= 4 is 26.2 Å². The van der Waals surface area contributed by atoms with Gasteiger partial charge in [0.25, 0.3) is 5.91 Å². The summed E-state index contributed by atoms with van der Waals surface area (Å²) in [6, 6.07) is 16.8. The van der Waals surface area contributed by atoms with E-state index >= 15 is 0 Å². The maximum absolute atomic E-state index is 14.0. The van der Waals surface area contributed by atoms with Crippen LogP contribution in [-0.2, 0) is 15.9 Å². The van der Waals surface area contributed by atoms with E-state index in [-0.39, 0.29) is 50.9 Å². The molecule has 0 aliphatic carbocycles. The van der Waals surface area contributed by atoms with Gasteiger partial charge >= 0.3 is 11.9 Å². The summed E-state index contributed by atoms with van der Waals surface area (Å²) in [6.07, 6.45) is 0. The van der Waals surface area contributed by atoms with E-state index in [1.165, 1.54) is 30.4 Å². The predicted octanol–water partition coefficient (Wildman–Crippen LogP) is 7.24. The summed E-state index contributed by atoms with van der Waals surface area (Å²) < 4.78 is 17.3. The minimum atomic E-state index is -2.41. The Morgan fingerprint density at radius 1 is 0.907 bits per heavy atom. The molecule has 0 bridgehead atoms. The molecule has 0 unspecified atom stereocenters. The van der Waals surface area contributed by atoms with Crippen molar-refractivity contribution in [1.29, 1.82) is 0 Å². The van der Waals surface area contributed by atoms with Crippen LogP contribution in [0.5, 0.6) is 5.88 Å². The second-order valence-electron chi connectivity index (χ2n) is 13.1. The molecule has 3 aromatic rings. The van der Waals surface area contributed by atoms with Gasteiger partial charge in [-0.15, -0.1) is 0 Å². The van der Waals surface area contributed by atoms with Crippen molar-refractivity contribution < 1.29 is 33.5 Å². The van der Waals surface area contributed by atoms with E-state index in [0.29, 0.717) is 6.54 Å². The lowest BCUT2D eigenvalue weighted by Gasteiger charge is -2.41. The van der Waals surface area contributed by atoms with Gasteiger partial charge in [-0.2, -0.15) is 0 Å². The van der Waals surface area contributed by atoms with Crippen LogP contribution in [0.1, 0.15) is 78.3 Å². The van der Waals surface area contributed by atoms with Crippen molar-refractivity contribution in [2.24, 2.45) is 5.41 Å². The number of amides is 1. The highest BCUT2D eigenvalue weighted by atomic mass is 28.4. The van der Waals surface area contributed by atoms with Crippen LogP contribution in [0.15, 0.2) is 60.7 Å². The molecule has 0 fully saturated rings. The first-order valence-corrected chi connectivity index (χ1v) is 17.0. The summed E-state index contributed by atoms with van der Waals surface area (Å²) >= 11 is 0. The average Bonchev–Trinajstić information content (AvgIpc) is 2.93. The van der Waals surface area contributed by atoms with Gasteiger partial charge in [-0.05, 0) is 52.9 Å². The molecule has 230 valence electrons. The first-order chi connectivity index (χ1) is 19.9. The number of carboxylic acids is 1. The van der Waals surface area contributed by atoms with Crippen LogP contribution in [0.3, 0.4) is 0 Å². The van der Waals surface area contributed by atoms with Gasteiger partial charge in [-0.3, -0.25) is 4.79 Å². The number of carbonyl (C=O) groups is 3. The van der Waals surface area contributed by atoms with Gasteiger partial charge in [0.05, 0.1) is 19.2 Å². The van der Waals surface area contributed by atoms with Crippen LogP contribution in [-0.4, -0.2) is 55.0 Å². The molecular weight excluding hydrogens is 564 g/mol. The van der Waals surface area contributed by atoms with Crippen molar-refractivity contribution in [2.75, 3.05) is 13.7 Å². The highest BCUT2D eigenvalue weighted by Crippen LogP contribution is 2.38. The van der Waals surface area contributed by atoms with E-state index in [0.717, 1.165) is 5.56 Å². The van der Waals surface area contributed by atoms with Crippen LogP contribution in [0.4, 0.5) is 0 Å². The number of benzene rings is 2. The van der Waals surface area contributed by atoms with E-state index in [1.54, 1.807) is 12.1 Å². The summed E-state index contributed by atoms with van der Waals surface area (Å²) in [5.74, 6) is -2.30. The Kier molecular flexibility index (Phi) is 10.2. The number of carbonyl (C=O) groups excluding carboxylic acids is 2. The minimum absolute atomic E-state index is 0.00539. The first-order valence-electron chi connectivity index (χ1n) is 14.1. The van der Waals surface area contributed by atoms with Gasteiger partial charge < -0.3 is 19.1 Å². The van der Waals surface area contributed by atoms with Crippen LogP contribution in [0.25, 0.3) is 11.1 Å². The molecule has 2 aromatic carbocycles. The molecule has 1 heterocycles. The smallest absolute Gasteiger partial charge is 0.355 e. The number of hydroxylamine groups is 2. The zero-order chi connectivity index (χ0) is 32.2. The number of aromatic nitrogens is 1. The summed E-state index contributed by atoms with van der Waals surface area (Å²) in [4.78, 5) is 43.9. The highest BCUT2D eigenvalue weighted by Gasteiger charge is 2.41. The van der Waals surface area contributed by atoms with Crippen LogP contribution >= 0.6 is 0 Å². The number of nitrogens with zero attached hydrogens (tertiary/aromatic N) is 2. The molecule has 0 saturated heterocycles. The average molecular weight is 607 g/mol. The van der Waals surface area contributed by atoms with Crippen LogP contribution < -0.4 is 4.74 Å². The van der Waals surface area contributed by atoms with Gasteiger partial charge in [0, 0.05) is 17.2 Å². The molecule has 1 amide bonds. The van der Waals surface area contributed by atoms with Crippen molar-refractivity contribution in [2.45, 2.75) is 66.3 Å². The molecule has 0 radical (unpaired) electrons. The Hall–Kier alpha value is -4.02. The lowest BCUT2D eigenvalue weighted by atomic mass is 9.94. The number of pyridine rings is 1. The molecule has 0 aliphatic rings. The number of carboxylic acid groups (broad SMARTS) is 1. The Morgan fingerprint density at radius 3 is 2.09 bits per heavy atom. The number of rotatable bonds is 10. The summed E-state index contributed by atoms with van der Waals surface area (Å²) in [6.45, 7) is 16.8. The van der Waals surface area contributed by atoms with Crippen molar-refractivity contribution in [3.8, 4) is 17.0 Å². The lowest BCUT2D eigenvalue weighted by Crippen LogP contribution is -2.50. The Morgan fingerprint density at radius 2 is 1.53 bits per heavy atom. The quantitative estimate of drug-likeness (QED) is 0.146. The molecule has 0 atom stereocenters. The molecule has 9 nitrogen and oxygen atoms in total. The molecule has 0 spiro atoms. The number of hydrogen-bond donors (Lipinski definition) is 1. The fraction of sp³-hybridized carbons (Fsp3) is 0.394. The Bertz CT molecular complexity index is 1470. The topological polar surface area (TPSA) is 115 Å². The van der Waals surface area contributed by atoms with Crippen molar-refractivity contribution in [3.05, 3.63) is 83.0 Å². The maximum Gasteiger partial charge on any atom is 0.355 e. The third-order valence-corrected chi connectivity index (χ3v) is 11.5. The predicted molar refractivity (Wildman–Crippen MR) is 168 cm³/mol. The Balaban J connectivity index is 2.14. The second kappa shape index (κ2) is 13.1. The monoisotopic (exact) mass is 606 g/mol. The maximum atomic E-state index is 14.0. The van der Waals surface area contributed by atoms with E-state index in [1.807, 2.05) is 51.1 Å². The van der Waals surface area contributed by atoms with Gasteiger partial charge in [0.2, 0.25) is 14.2 Å². The minimum Gasteiger partial charge on any atom is -0.481 e. The normalized spacial score (nSPS) is 12.0. The zero-order valence-electron chi connectivity index (χ0n) is 26.5. The summed E-state index contributed by atoms with van der Waals surface area (Å²) in [5.41, 5.74) is 0.877. The number of methoxy groups -OCH3 is 1. The molecular formula is C33H42N2O7Si. The SMILES string of the molecule is COc1ccc(-c2ccc(C(=O)N(CC(C)(C)C)O[Si](C)(C)C(C)(C)C)cc2C(=O)OCc2ccccc2)c(C(=O)O)n1. The van der Waals surface area contributed by atoms with E-state index < -0.39 is 26.2 Å². The van der Waals surface area contributed by atoms with Gasteiger partial charge in [-0.25, -0.2) is 19.6 Å². The number of aromatic carboxylic acids is 1. The van der Waals surface area contributed by atoms with Crippen LogP contribution in [0.2, 0.25) is 18.1 Å². The first kappa shape index (κ1) is 33.5. The van der Waals surface area contributed by atoms with Gasteiger partial charge in [-0.1, -0.05) is 77.9 Å². The fourth-order valence-electron chi connectivity index (χ4n) is 3.95.